The van der Waals surface area contributed by atoms with E-state index in [0.29, 0.717) is 29.1 Å². The molecule has 1 heterocycles. The molecule has 0 saturated carbocycles. The number of aryl methyl sites for hydroxylation is 1. The fourth-order valence-corrected chi connectivity index (χ4v) is 3.28. The lowest BCUT2D eigenvalue weighted by Gasteiger charge is -2.11. The number of ketones is 1. The first-order valence-electron chi connectivity index (χ1n) is 9.02. The van der Waals surface area contributed by atoms with Crippen molar-refractivity contribution < 1.29 is 19.1 Å². The third-order valence-electron chi connectivity index (χ3n) is 4.49. The first kappa shape index (κ1) is 20.6. The molecule has 0 unspecified atom stereocenters. The van der Waals surface area contributed by atoms with Crippen LogP contribution in [0.25, 0.3) is 0 Å². The molecule has 0 N–H and O–H groups in total. The van der Waals surface area contributed by atoms with Crippen molar-refractivity contribution in [3.8, 4) is 5.75 Å². The first-order chi connectivity index (χ1) is 13.9. The molecule has 0 spiro atoms. The molecule has 1 aromatic heterocycles. The zero-order chi connectivity index (χ0) is 21.0. The number of Topliss-reactive ketones (excluding diaryl/α,β-unsaturated/α-hetero) is 1. The minimum atomic E-state index is -0.581. The number of rotatable bonds is 7. The summed E-state index contributed by atoms with van der Waals surface area (Å²) in [6.07, 6.45) is 0. The van der Waals surface area contributed by atoms with Crippen molar-refractivity contribution in [2.24, 2.45) is 0 Å². The third-order valence-corrected chi connectivity index (χ3v) is 4.87. The van der Waals surface area contributed by atoms with Crippen molar-refractivity contribution in [3.05, 3.63) is 81.6 Å². The van der Waals surface area contributed by atoms with Gasteiger partial charge in [-0.25, -0.2) is 9.48 Å². The van der Waals surface area contributed by atoms with Crippen molar-refractivity contribution in [1.82, 2.24) is 9.78 Å². The van der Waals surface area contributed by atoms with Crippen molar-refractivity contribution >= 4 is 23.4 Å². The van der Waals surface area contributed by atoms with E-state index in [1.54, 1.807) is 29.8 Å². The van der Waals surface area contributed by atoms with Gasteiger partial charge in [-0.1, -0.05) is 41.9 Å². The lowest BCUT2D eigenvalue weighted by atomic mass is 10.1. The maximum Gasteiger partial charge on any atom is 0.343 e. The predicted octanol–water partition coefficient (Wildman–Crippen LogP) is 4.46. The van der Waals surface area contributed by atoms with E-state index in [4.69, 9.17) is 21.1 Å². The molecular formula is C22H21ClN2O4. The SMILES string of the molecule is COc1ccc(C(C)=O)cc1COC(=O)c1c(C)nn(Cc2ccccc2)c1Cl. The summed E-state index contributed by atoms with van der Waals surface area (Å²) in [4.78, 5) is 24.3. The van der Waals surface area contributed by atoms with Gasteiger partial charge in [0, 0.05) is 11.1 Å². The fourth-order valence-electron chi connectivity index (χ4n) is 2.97. The normalized spacial score (nSPS) is 10.6. The summed E-state index contributed by atoms with van der Waals surface area (Å²) in [6.45, 7) is 3.58. The van der Waals surface area contributed by atoms with Crippen LogP contribution in [-0.2, 0) is 17.9 Å². The number of esters is 1. The zero-order valence-electron chi connectivity index (χ0n) is 16.4. The van der Waals surface area contributed by atoms with Crippen LogP contribution < -0.4 is 4.74 Å². The average molecular weight is 413 g/mol. The second-order valence-electron chi connectivity index (χ2n) is 6.55. The number of carbonyl (C=O) groups is 2. The van der Waals surface area contributed by atoms with Crippen LogP contribution in [0.1, 0.15) is 44.5 Å². The summed E-state index contributed by atoms with van der Waals surface area (Å²) in [6, 6.07) is 14.7. The van der Waals surface area contributed by atoms with Crippen LogP contribution in [0.15, 0.2) is 48.5 Å². The van der Waals surface area contributed by atoms with E-state index in [0.717, 1.165) is 5.56 Å². The maximum atomic E-state index is 12.7. The lowest BCUT2D eigenvalue weighted by molar-refractivity contribution is 0.0469. The summed E-state index contributed by atoms with van der Waals surface area (Å²) >= 11 is 6.41. The number of benzene rings is 2. The Morgan fingerprint density at radius 1 is 1.14 bits per heavy atom. The summed E-state index contributed by atoms with van der Waals surface area (Å²) in [5.74, 6) is -0.131. The van der Waals surface area contributed by atoms with Crippen molar-refractivity contribution in [3.63, 3.8) is 0 Å². The van der Waals surface area contributed by atoms with E-state index in [1.807, 2.05) is 30.3 Å². The van der Waals surface area contributed by atoms with Crippen molar-refractivity contribution in [1.29, 1.82) is 0 Å². The summed E-state index contributed by atoms with van der Waals surface area (Å²) in [5, 5.41) is 4.59. The van der Waals surface area contributed by atoms with Gasteiger partial charge in [0.2, 0.25) is 0 Å². The molecule has 0 amide bonds. The third kappa shape index (κ3) is 4.66. The molecule has 3 aromatic rings. The van der Waals surface area contributed by atoms with Gasteiger partial charge < -0.3 is 9.47 Å². The van der Waals surface area contributed by atoms with Gasteiger partial charge in [-0.2, -0.15) is 5.10 Å². The van der Waals surface area contributed by atoms with Crippen LogP contribution in [0.2, 0.25) is 5.15 Å². The Bertz CT molecular complexity index is 1040. The Kier molecular flexibility index (Phi) is 6.34. The molecule has 3 rings (SSSR count). The number of methoxy groups -OCH3 is 1. The van der Waals surface area contributed by atoms with Crippen LogP contribution in [0.3, 0.4) is 0 Å². The van der Waals surface area contributed by atoms with E-state index in [2.05, 4.69) is 5.10 Å². The van der Waals surface area contributed by atoms with Gasteiger partial charge in [0.05, 0.1) is 19.3 Å². The second kappa shape index (κ2) is 8.92. The minimum Gasteiger partial charge on any atom is -0.496 e. The molecule has 2 aromatic carbocycles. The highest BCUT2D eigenvalue weighted by Crippen LogP contribution is 2.25. The molecule has 150 valence electrons. The number of halogens is 1. The quantitative estimate of drug-likeness (QED) is 0.423. The van der Waals surface area contributed by atoms with Gasteiger partial charge in [-0.05, 0) is 37.6 Å². The van der Waals surface area contributed by atoms with Gasteiger partial charge >= 0.3 is 5.97 Å². The summed E-state index contributed by atoms with van der Waals surface area (Å²) in [5.41, 5.74) is 2.84. The Hall–Kier alpha value is -3.12. The Morgan fingerprint density at radius 2 is 1.86 bits per heavy atom. The van der Waals surface area contributed by atoms with Gasteiger partial charge in [0.25, 0.3) is 0 Å². The lowest BCUT2D eigenvalue weighted by Crippen LogP contribution is -2.08. The summed E-state index contributed by atoms with van der Waals surface area (Å²) in [7, 11) is 1.52. The van der Waals surface area contributed by atoms with Crippen molar-refractivity contribution in [2.45, 2.75) is 27.0 Å². The highest BCUT2D eigenvalue weighted by molar-refractivity contribution is 6.32. The number of aromatic nitrogens is 2. The topological polar surface area (TPSA) is 70.4 Å². The largest absolute Gasteiger partial charge is 0.496 e. The predicted molar refractivity (Wildman–Crippen MR) is 110 cm³/mol. The smallest absolute Gasteiger partial charge is 0.343 e. The van der Waals surface area contributed by atoms with Gasteiger partial charge in [0.1, 0.15) is 23.1 Å². The average Bonchev–Trinajstić information content (AvgIpc) is 2.99. The fraction of sp³-hybridized carbons (Fsp3) is 0.227. The van der Waals surface area contributed by atoms with E-state index in [1.165, 1.54) is 14.0 Å². The molecule has 0 radical (unpaired) electrons. The Morgan fingerprint density at radius 3 is 2.52 bits per heavy atom. The summed E-state index contributed by atoms with van der Waals surface area (Å²) < 4.78 is 12.3. The number of ether oxygens (including phenoxy) is 2. The van der Waals surface area contributed by atoms with Crippen LogP contribution in [-0.4, -0.2) is 28.6 Å². The van der Waals surface area contributed by atoms with E-state index in [9.17, 15) is 9.59 Å². The minimum absolute atomic E-state index is 0.0528. The monoisotopic (exact) mass is 412 g/mol. The Balaban J connectivity index is 1.78. The molecule has 0 aliphatic carbocycles. The van der Waals surface area contributed by atoms with Gasteiger partial charge in [-0.3, -0.25) is 4.79 Å². The highest BCUT2D eigenvalue weighted by atomic mass is 35.5. The van der Waals surface area contributed by atoms with Gasteiger partial charge in [0.15, 0.2) is 5.78 Å². The molecule has 0 atom stereocenters. The second-order valence-corrected chi connectivity index (χ2v) is 6.91. The standard InChI is InChI=1S/C22H21ClN2O4/c1-14-20(21(23)25(24-14)12-16-7-5-4-6-8-16)22(27)29-13-18-11-17(15(2)26)9-10-19(18)28-3/h4-11H,12-13H2,1-3H3. The van der Waals surface area contributed by atoms with E-state index < -0.39 is 5.97 Å². The van der Waals surface area contributed by atoms with E-state index >= 15 is 0 Å². The van der Waals surface area contributed by atoms with Crippen LogP contribution in [0.4, 0.5) is 0 Å². The zero-order valence-corrected chi connectivity index (χ0v) is 17.2. The number of hydrogen-bond acceptors (Lipinski definition) is 5. The molecule has 29 heavy (non-hydrogen) atoms. The molecule has 0 aliphatic rings. The molecule has 0 aliphatic heterocycles. The molecule has 0 fully saturated rings. The van der Waals surface area contributed by atoms with Crippen LogP contribution in [0.5, 0.6) is 5.75 Å². The molecule has 7 heteroatoms. The van der Waals surface area contributed by atoms with Gasteiger partial charge in [-0.15, -0.1) is 0 Å². The van der Waals surface area contributed by atoms with Crippen LogP contribution >= 0.6 is 11.6 Å². The van der Waals surface area contributed by atoms with E-state index in [-0.39, 0.29) is 23.1 Å². The first-order valence-corrected chi connectivity index (χ1v) is 9.40. The number of hydrogen-bond donors (Lipinski definition) is 0. The molecular weight excluding hydrogens is 392 g/mol. The number of nitrogens with zero attached hydrogens (tertiary/aromatic N) is 2. The number of carbonyl (C=O) groups excluding carboxylic acids is 2. The van der Waals surface area contributed by atoms with Crippen molar-refractivity contribution in [2.75, 3.05) is 7.11 Å². The van der Waals surface area contributed by atoms with Crippen LogP contribution in [0, 0.1) is 6.92 Å². The molecule has 0 bridgehead atoms. The maximum absolute atomic E-state index is 12.7. The highest BCUT2D eigenvalue weighted by Gasteiger charge is 2.22. The Labute approximate surface area is 174 Å². The molecule has 6 nitrogen and oxygen atoms in total. The molecule has 0 saturated heterocycles.